The smallest absolute Gasteiger partial charge is 0.250 e. The van der Waals surface area contributed by atoms with Crippen molar-refractivity contribution in [3.8, 4) is 0 Å². The fraction of sp³-hybridized carbons (Fsp3) is 0.611. The number of halogens is 1. The average molecular weight is 339 g/mol. The molecule has 3 rings (SSSR count). The van der Waals surface area contributed by atoms with Crippen LogP contribution >= 0.6 is 12.4 Å². The molecule has 0 aromatic heterocycles. The Morgan fingerprint density at radius 1 is 1.30 bits per heavy atom. The summed E-state index contributed by atoms with van der Waals surface area (Å²) >= 11 is 0. The van der Waals surface area contributed by atoms with Crippen LogP contribution in [0.15, 0.2) is 24.3 Å². The number of rotatable bonds is 4. The van der Waals surface area contributed by atoms with Crippen LogP contribution in [0, 0.1) is 5.92 Å². The molecule has 0 radical (unpaired) electrons. The Hall–Kier alpha value is -1.10. The number of nitrogens with one attached hydrogen (secondary N) is 2. The van der Waals surface area contributed by atoms with Crippen molar-refractivity contribution in [2.75, 3.05) is 19.7 Å². The van der Waals surface area contributed by atoms with Crippen LogP contribution in [-0.2, 0) is 22.4 Å². The molecule has 128 valence electrons. The number of hydrogen-bond acceptors (Lipinski definition) is 3. The van der Waals surface area contributed by atoms with E-state index in [1.54, 1.807) is 0 Å². The highest BCUT2D eigenvalue weighted by Gasteiger charge is 2.31. The highest BCUT2D eigenvalue weighted by atomic mass is 35.5. The largest absolute Gasteiger partial charge is 0.366 e. The van der Waals surface area contributed by atoms with Gasteiger partial charge in [0.25, 0.3) is 5.91 Å². The quantitative estimate of drug-likeness (QED) is 0.884. The first-order valence-electron chi connectivity index (χ1n) is 8.25. The third kappa shape index (κ3) is 4.69. The molecule has 1 fully saturated rings. The average Bonchev–Trinajstić information content (AvgIpc) is 2.88. The zero-order valence-corrected chi connectivity index (χ0v) is 14.7. The molecule has 2 aliphatic rings. The van der Waals surface area contributed by atoms with Crippen molar-refractivity contribution in [2.45, 2.75) is 44.8 Å². The van der Waals surface area contributed by atoms with Crippen LogP contribution in [0.5, 0.6) is 0 Å². The first-order chi connectivity index (χ1) is 10.5. The number of hydrogen-bond donors (Lipinski definition) is 2. The van der Waals surface area contributed by atoms with Crippen molar-refractivity contribution in [2.24, 2.45) is 5.92 Å². The van der Waals surface area contributed by atoms with Crippen LogP contribution in [0.4, 0.5) is 0 Å². The van der Waals surface area contributed by atoms with Gasteiger partial charge in [0.2, 0.25) is 0 Å². The van der Waals surface area contributed by atoms with E-state index >= 15 is 0 Å². The van der Waals surface area contributed by atoms with Crippen LogP contribution in [0.1, 0.15) is 31.4 Å². The molecule has 23 heavy (non-hydrogen) atoms. The van der Waals surface area contributed by atoms with E-state index in [4.69, 9.17) is 4.74 Å². The second-order valence-corrected chi connectivity index (χ2v) is 7.18. The molecule has 4 nitrogen and oxygen atoms in total. The fourth-order valence-corrected chi connectivity index (χ4v) is 3.71. The summed E-state index contributed by atoms with van der Waals surface area (Å²) in [5.74, 6) is 0.616. The van der Waals surface area contributed by atoms with Gasteiger partial charge in [-0.3, -0.25) is 4.79 Å². The number of carbonyl (C=O) groups excluding carboxylic acids is 1. The maximum atomic E-state index is 12.3. The SMILES string of the molecule is CC(C)(CC1Cc2ccccc2C1)NC(=O)C1CNCCO1.Cl. The van der Waals surface area contributed by atoms with Crippen molar-refractivity contribution in [1.82, 2.24) is 10.6 Å². The molecule has 1 aliphatic carbocycles. The number of amides is 1. The summed E-state index contributed by atoms with van der Waals surface area (Å²) in [6, 6.07) is 8.67. The summed E-state index contributed by atoms with van der Waals surface area (Å²) < 4.78 is 5.53. The highest BCUT2D eigenvalue weighted by molar-refractivity contribution is 5.85. The lowest BCUT2D eigenvalue weighted by molar-refractivity contribution is -0.136. The number of morpholine rings is 1. The van der Waals surface area contributed by atoms with Crippen LogP contribution in [0.3, 0.4) is 0 Å². The second kappa shape index (κ2) is 7.65. The highest BCUT2D eigenvalue weighted by Crippen LogP contribution is 2.31. The number of carbonyl (C=O) groups is 1. The van der Waals surface area contributed by atoms with E-state index < -0.39 is 0 Å². The van der Waals surface area contributed by atoms with E-state index in [-0.39, 0.29) is 30.0 Å². The number of fused-ring (bicyclic) bond motifs is 1. The number of benzene rings is 1. The van der Waals surface area contributed by atoms with Gasteiger partial charge in [-0.05, 0) is 50.2 Å². The van der Waals surface area contributed by atoms with Crippen molar-refractivity contribution < 1.29 is 9.53 Å². The lowest BCUT2D eigenvalue weighted by Gasteiger charge is -2.32. The molecular formula is C18H27ClN2O2. The van der Waals surface area contributed by atoms with Gasteiger partial charge in [-0.2, -0.15) is 0 Å². The van der Waals surface area contributed by atoms with E-state index in [1.807, 2.05) is 0 Å². The topological polar surface area (TPSA) is 50.4 Å². The Labute approximate surface area is 144 Å². The van der Waals surface area contributed by atoms with Gasteiger partial charge in [-0.1, -0.05) is 24.3 Å². The maximum absolute atomic E-state index is 12.3. The third-order valence-corrected chi connectivity index (χ3v) is 4.62. The Morgan fingerprint density at radius 2 is 1.96 bits per heavy atom. The lowest BCUT2D eigenvalue weighted by Crippen LogP contribution is -2.54. The summed E-state index contributed by atoms with van der Waals surface area (Å²) in [7, 11) is 0. The van der Waals surface area contributed by atoms with Crippen molar-refractivity contribution in [3.63, 3.8) is 0 Å². The summed E-state index contributed by atoms with van der Waals surface area (Å²) in [6.45, 7) is 6.27. The predicted molar refractivity (Wildman–Crippen MR) is 94.0 cm³/mol. The van der Waals surface area contributed by atoms with Crippen molar-refractivity contribution in [3.05, 3.63) is 35.4 Å². The van der Waals surface area contributed by atoms with Crippen molar-refractivity contribution in [1.29, 1.82) is 0 Å². The Bertz CT molecular complexity index is 517. The van der Waals surface area contributed by atoms with Gasteiger partial charge in [0.1, 0.15) is 6.10 Å². The van der Waals surface area contributed by atoms with Gasteiger partial charge in [0.15, 0.2) is 0 Å². The minimum atomic E-state index is -0.353. The molecule has 0 saturated carbocycles. The van der Waals surface area contributed by atoms with Gasteiger partial charge in [0, 0.05) is 18.6 Å². The first-order valence-corrected chi connectivity index (χ1v) is 8.25. The molecule has 1 unspecified atom stereocenters. The van der Waals surface area contributed by atoms with Gasteiger partial charge in [0.05, 0.1) is 6.61 Å². The van der Waals surface area contributed by atoms with Gasteiger partial charge in [-0.15, -0.1) is 12.4 Å². The summed E-state index contributed by atoms with van der Waals surface area (Å²) in [5, 5.41) is 6.38. The van der Waals surface area contributed by atoms with E-state index in [0.29, 0.717) is 19.1 Å². The molecular weight excluding hydrogens is 312 g/mol. The molecule has 0 bridgehead atoms. The third-order valence-electron chi connectivity index (χ3n) is 4.62. The van der Waals surface area contributed by atoms with Crippen LogP contribution in [0.2, 0.25) is 0 Å². The van der Waals surface area contributed by atoms with Crippen molar-refractivity contribution >= 4 is 18.3 Å². The molecule has 1 aromatic carbocycles. The molecule has 1 saturated heterocycles. The molecule has 1 aliphatic heterocycles. The van der Waals surface area contributed by atoms with Crippen LogP contribution in [0.25, 0.3) is 0 Å². The molecule has 5 heteroatoms. The first kappa shape index (κ1) is 18.2. The fourth-order valence-electron chi connectivity index (χ4n) is 3.71. The minimum Gasteiger partial charge on any atom is -0.366 e. The van der Waals surface area contributed by atoms with Gasteiger partial charge >= 0.3 is 0 Å². The maximum Gasteiger partial charge on any atom is 0.250 e. The Kier molecular flexibility index (Phi) is 6.06. The van der Waals surface area contributed by atoms with E-state index in [0.717, 1.165) is 25.8 Å². The van der Waals surface area contributed by atoms with E-state index in [9.17, 15) is 4.79 Å². The monoisotopic (exact) mass is 338 g/mol. The zero-order valence-electron chi connectivity index (χ0n) is 13.9. The molecule has 1 atom stereocenters. The van der Waals surface area contributed by atoms with E-state index in [1.165, 1.54) is 11.1 Å². The summed E-state index contributed by atoms with van der Waals surface area (Å²) in [4.78, 5) is 12.3. The van der Waals surface area contributed by atoms with Gasteiger partial charge < -0.3 is 15.4 Å². The summed E-state index contributed by atoms with van der Waals surface area (Å²) in [6.07, 6.45) is 2.88. The summed E-state index contributed by atoms with van der Waals surface area (Å²) in [5.41, 5.74) is 2.73. The Morgan fingerprint density at radius 3 is 2.52 bits per heavy atom. The molecule has 0 spiro atoms. The zero-order chi connectivity index (χ0) is 15.6. The van der Waals surface area contributed by atoms with Gasteiger partial charge in [-0.25, -0.2) is 0 Å². The molecule has 1 aromatic rings. The molecule has 1 heterocycles. The standard InChI is InChI=1S/C18H26N2O2.ClH/c1-18(2,20-17(21)16-12-19-7-8-22-16)11-13-9-14-5-3-4-6-15(14)10-13;/h3-6,13,16,19H,7-12H2,1-2H3,(H,20,21);1H. The number of ether oxygens (including phenoxy) is 1. The Balaban J connectivity index is 0.00000192. The lowest BCUT2D eigenvalue weighted by atomic mass is 9.88. The molecule has 2 N–H and O–H groups in total. The normalized spacial score (nSPS) is 21.4. The van der Waals surface area contributed by atoms with E-state index in [2.05, 4.69) is 48.7 Å². The van der Waals surface area contributed by atoms with Crippen LogP contribution in [-0.4, -0.2) is 37.2 Å². The van der Waals surface area contributed by atoms with Crippen LogP contribution < -0.4 is 10.6 Å². The minimum absolute atomic E-state index is 0. The predicted octanol–water partition coefficient (Wildman–Crippen LogP) is 2.10. The molecule has 1 amide bonds. The second-order valence-electron chi connectivity index (χ2n) is 7.18.